The number of aryl methyl sites for hydroxylation is 1. The smallest absolute Gasteiger partial charge is 0.439 e. The van der Waals surface area contributed by atoms with Gasteiger partial charge in [0.2, 0.25) is 5.88 Å². The van der Waals surface area contributed by atoms with E-state index in [1.165, 1.54) is 18.5 Å². The van der Waals surface area contributed by atoms with Crippen LogP contribution >= 0.6 is 0 Å². The molecule has 9 nitrogen and oxygen atoms in total. The lowest BCUT2D eigenvalue weighted by Crippen LogP contribution is -2.19. The number of benzene rings is 2. The van der Waals surface area contributed by atoms with Crippen LogP contribution in [0.4, 0.5) is 29.3 Å². The van der Waals surface area contributed by atoms with E-state index in [2.05, 4.69) is 30.3 Å². The largest absolute Gasteiger partial charge is 0.573 e. The minimum atomic E-state index is -4.78. The number of nitrogens with zero attached hydrogens (tertiary/aromatic N) is 4. The van der Waals surface area contributed by atoms with Crippen LogP contribution in [-0.2, 0) is 0 Å². The van der Waals surface area contributed by atoms with Crippen LogP contribution in [0.25, 0.3) is 5.82 Å². The molecule has 4 aromatic rings. The van der Waals surface area contributed by atoms with Gasteiger partial charge in [0.05, 0.1) is 5.69 Å². The van der Waals surface area contributed by atoms with Crippen molar-refractivity contribution >= 4 is 17.4 Å². The average Bonchev–Trinajstić information content (AvgIpc) is 3.14. The Hall–Kier alpha value is -4.61. The highest BCUT2D eigenvalue weighted by atomic mass is 19.4. The van der Waals surface area contributed by atoms with Gasteiger partial charge in [0.1, 0.15) is 30.0 Å². The predicted octanol–water partition coefficient (Wildman–Crippen LogP) is 5.61. The molecule has 0 fully saturated rings. The molecule has 2 N–H and O–H groups in total. The van der Waals surface area contributed by atoms with Crippen molar-refractivity contribution in [3.63, 3.8) is 0 Å². The number of anilines is 2. The summed E-state index contributed by atoms with van der Waals surface area (Å²) in [5.41, 5.74) is 2.61. The Bertz CT molecular complexity index is 1320. The van der Waals surface area contributed by atoms with E-state index in [-0.39, 0.29) is 5.75 Å². The van der Waals surface area contributed by atoms with Gasteiger partial charge in [0.25, 0.3) is 0 Å². The molecule has 4 rings (SSSR count). The number of imidazole rings is 1. The SMILES string of the molecule is Cc1ncn(-c2cc(Oc3ccc(NC(=O)Nc4ccc(OC(F)(F)F)cc4)cc3)ncn2)c1C. The summed E-state index contributed by atoms with van der Waals surface area (Å²) in [6.07, 6.45) is -1.72. The lowest BCUT2D eigenvalue weighted by Gasteiger charge is -2.11. The molecule has 0 aliphatic carbocycles. The zero-order valence-electron chi connectivity index (χ0n) is 18.5. The molecule has 2 amide bonds. The van der Waals surface area contributed by atoms with E-state index in [0.717, 1.165) is 23.5 Å². The number of nitrogens with one attached hydrogen (secondary N) is 2. The van der Waals surface area contributed by atoms with E-state index in [4.69, 9.17) is 4.74 Å². The average molecular weight is 484 g/mol. The van der Waals surface area contributed by atoms with Crippen molar-refractivity contribution in [2.75, 3.05) is 10.6 Å². The third-order valence-corrected chi connectivity index (χ3v) is 4.81. The normalized spacial score (nSPS) is 11.1. The molecule has 0 radical (unpaired) electrons. The molecule has 2 aromatic heterocycles. The number of ether oxygens (including phenoxy) is 2. The van der Waals surface area contributed by atoms with E-state index in [1.54, 1.807) is 36.7 Å². The molecule has 0 bridgehead atoms. The molecule has 0 unspecified atom stereocenters. The van der Waals surface area contributed by atoms with Crippen molar-refractivity contribution in [2.24, 2.45) is 0 Å². The van der Waals surface area contributed by atoms with E-state index in [1.807, 2.05) is 18.4 Å². The monoisotopic (exact) mass is 484 g/mol. The first-order valence-electron chi connectivity index (χ1n) is 10.2. The van der Waals surface area contributed by atoms with Crippen molar-refractivity contribution < 1.29 is 27.4 Å². The molecule has 2 aromatic carbocycles. The first-order valence-corrected chi connectivity index (χ1v) is 10.2. The number of aromatic nitrogens is 4. The summed E-state index contributed by atoms with van der Waals surface area (Å²) >= 11 is 0. The fourth-order valence-electron chi connectivity index (χ4n) is 3.01. The Morgan fingerprint density at radius 2 is 1.49 bits per heavy atom. The summed E-state index contributed by atoms with van der Waals surface area (Å²) < 4.78 is 48.1. The van der Waals surface area contributed by atoms with Gasteiger partial charge in [-0.25, -0.2) is 19.7 Å². The number of alkyl halides is 3. The third kappa shape index (κ3) is 6.25. The molecule has 35 heavy (non-hydrogen) atoms. The van der Waals surface area contributed by atoms with Gasteiger partial charge < -0.3 is 20.1 Å². The van der Waals surface area contributed by atoms with Crippen molar-refractivity contribution in [3.05, 3.63) is 78.6 Å². The van der Waals surface area contributed by atoms with Gasteiger partial charge in [-0.1, -0.05) is 0 Å². The summed E-state index contributed by atoms with van der Waals surface area (Å²) in [5, 5.41) is 5.14. The number of rotatable bonds is 6. The Balaban J connectivity index is 1.34. The molecule has 2 heterocycles. The highest BCUT2D eigenvalue weighted by Gasteiger charge is 2.30. The topological polar surface area (TPSA) is 103 Å². The summed E-state index contributed by atoms with van der Waals surface area (Å²) in [6.45, 7) is 3.84. The molecule has 0 atom stereocenters. The Kier molecular flexibility index (Phi) is 6.53. The number of amides is 2. The van der Waals surface area contributed by atoms with E-state index in [0.29, 0.717) is 28.8 Å². The first-order chi connectivity index (χ1) is 16.7. The number of urea groups is 1. The summed E-state index contributed by atoms with van der Waals surface area (Å²) in [4.78, 5) is 24.8. The summed E-state index contributed by atoms with van der Waals surface area (Å²) in [5.74, 6) is 1.04. The van der Waals surface area contributed by atoms with Crippen LogP contribution in [0.15, 0.2) is 67.3 Å². The van der Waals surface area contributed by atoms with Crippen molar-refractivity contribution in [1.82, 2.24) is 19.5 Å². The second-order valence-electron chi connectivity index (χ2n) is 7.28. The molecule has 0 spiro atoms. The van der Waals surface area contributed by atoms with E-state index in [9.17, 15) is 18.0 Å². The van der Waals surface area contributed by atoms with E-state index >= 15 is 0 Å². The number of hydrogen-bond donors (Lipinski definition) is 2. The quantitative estimate of drug-likeness (QED) is 0.369. The standard InChI is InChI=1S/C23H19F3N6O3/c1-14-15(2)32(13-29-14)20-11-21(28-12-27-20)34-18-7-3-16(4-8-18)30-22(33)31-17-5-9-19(10-6-17)35-23(24,25)26/h3-13H,1-2H3,(H2,30,31,33). The lowest BCUT2D eigenvalue weighted by molar-refractivity contribution is -0.274. The van der Waals surface area contributed by atoms with Crippen LogP contribution < -0.4 is 20.1 Å². The highest BCUT2D eigenvalue weighted by molar-refractivity contribution is 5.99. The van der Waals surface area contributed by atoms with Crippen LogP contribution in [0, 0.1) is 13.8 Å². The van der Waals surface area contributed by atoms with Gasteiger partial charge in [-0.3, -0.25) is 4.57 Å². The van der Waals surface area contributed by atoms with Gasteiger partial charge in [-0.2, -0.15) is 0 Å². The highest BCUT2D eigenvalue weighted by Crippen LogP contribution is 2.25. The number of halogens is 3. The second kappa shape index (κ2) is 9.71. The molecule has 0 saturated carbocycles. The number of carbonyl (C=O) groups is 1. The zero-order chi connectivity index (χ0) is 25.0. The maximum absolute atomic E-state index is 12.2. The van der Waals surface area contributed by atoms with Crippen LogP contribution in [-0.4, -0.2) is 31.9 Å². The van der Waals surface area contributed by atoms with Crippen molar-refractivity contribution in [1.29, 1.82) is 0 Å². The van der Waals surface area contributed by atoms with Gasteiger partial charge in [0.15, 0.2) is 0 Å². The third-order valence-electron chi connectivity index (χ3n) is 4.81. The minimum Gasteiger partial charge on any atom is -0.439 e. The number of hydrogen-bond acceptors (Lipinski definition) is 6. The molecule has 0 aliphatic rings. The maximum Gasteiger partial charge on any atom is 0.573 e. The Morgan fingerprint density at radius 3 is 2.03 bits per heavy atom. The van der Waals surface area contributed by atoms with Crippen LogP contribution in [0.5, 0.6) is 17.4 Å². The molecular weight excluding hydrogens is 465 g/mol. The Morgan fingerprint density at radius 1 is 0.886 bits per heavy atom. The van der Waals surface area contributed by atoms with Gasteiger partial charge >= 0.3 is 12.4 Å². The maximum atomic E-state index is 12.2. The van der Waals surface area contributed by atoms with Crippen molar-refractivity contribution in [3.8, 4) is 23.2 Å². The van der Waals surface area contributed by atoms with Gasteiger partial charge in [-0.05, 0) is 62.4 Å². The minimum absolute atomic E-state index is 0.292. The zero-order valence-corrected chi connectivity index (χ0v) is 18.5. The lowest BCUT2D eigenvalue weighted by atomic mass is 10.3. The molecule has 180 valence electrons. The first kappa shape index (κ1) is 23.5. The molecule has 0 aliphatic heterocycles. The molecule has 0 saturated heterocycles. The van der Waals surface area contributed by atoms with Crippen LogP contribution in [0.1, 0.15) is 11.4 Å². The fourth-order valence-corrected chi connectivity index (χ4v) is 3.01. The van der Waals surface area contributed by atoms with E-state index < -0.39 is 12.4 Å². The predicted molar refractivity (Wildman–Crippen MR) is 121 cm³/mol. The summed E-state index contributed by atoms with van der Waals surface area (Å²) in [7, 11) is 0. The Labute approximate surface area is 197 Å². The van der Waals surface area contributed by atoms with Crippen LogP contribution in [0.2, 0.25) is 0 Å². The number of carbonyl (C=O) groups excluding carboxylic acids is 1. The van der Waals surface area contributed by atoms with Crippen LogP contribution in [0.3, 0.4) is 0 Å². The van der Waals surface area contributed by atoms with Gasteiger partial charge in [0, 0.05) is 23.1 Å². The summed E-state index contributed by atoms with van der Waals surface area (Å²) in [6, 6.07) is 12.4. The van der Waals surface area contributed by atoms with Crippen molar-refractivity contribution in [2.45, 2.75) is 20.2 Å². The van der Waals surface area contributed by atoms with Gasteiger partial charge in [-0.15, -0.1) is 13.2 Å². The molecule has 12 heteroatoms. The second-order valence-corrected chi connectivity index (χ2v) is 7.28. The fraction of sp³-hybridized carbons (Fsp3) is 0.130. The molecular formula is C23H19F3N6O3.